The van der Waals surface area contributed by atoms with Gasteiger partial charge in [-0.05, 0) is 37.3 Å². The number of para-hydroxylation sites is 1. The minimum atomic E-state index is 0.0753. The van der Waals surface area contributed by atoms with Gasteiger partial charge in [-0.15, -0.1) is 0 Å². The van der Waals surface area contributed by atoms with Gasteiger partial charge >= 0.3 is 0 Å². The Hall–Kier alpha value is -1.55. The summed E-state index contributed by atoms with van der Waals surface area (Å²) in [5.74, 6) is 0.513. The lowest BCUT2D eigenvalue weighted by Crippen LogP contribution is -2.50. The van der Waals surface area contributed by atoms with E-state index in [1.54, 1.807) is 0 Å². The van der Waals surface area contributed by atoms with Crippen molar-refractivity contribution in [3.8, 4) is 0 Å². The Kier molecular flexibility index (Phi) is 5.23. The van der Waals surface area contributed by atoms with E-state index < -0.39 is 0 Å². The van der Waals surface area contributed by atoms with Crippen LogP contribution in [-0.4, -0.2) is 31.1 Å². The Bertz CT molecular complexity index is 487. The first-order valence-corrected chi connectivity index (χ1v) is 7.87. The third-order valence-corrected chi connectivity index (χ3v) is 4.46. The van der Waals surface area contributed by atoms with Gasteiger partial charge in [-0.1, -0.05) is 32.0 Å². The summed E-state index contributed by atoms with van der Waals surface area (Å²) in [5, 5.41) is 3.08. The molecule has 1 aromatic carbocycles. The Balaban J connectivity index is 2.11. The van der Waals surface area contributed by atoms with Gasteiger partial charge in [0.2, 0.25) is 5.91 Å². The van der Waals surface area contributed by atoms with Crippen LogP contribution in [0, 0.1) is 5.92 Å². The summed E-state index contributed by atoms with van der Waals surface area (Å²) in [5.41, 5.74) is 8.37. The Morgan fingerprint density at radius 2 is 2.10 bits per heavy atom. The molecule has 0 spiro atoms. The lowest BCUT2D eigenvalue weighted by Gasteiger charge is -2.38. The molecule has 1 aliphatic heterocycles. The molecule has 4 nitrogen and oxygen atoms in total. The molecule has 0 saturated carbocycles. The van der Waals surface area contributed by atoms with Gasteiger partial charge in [-0.3, -0.25) is 4.79 Å². The molecule has 116 valence electrons. The van der Waals surface area contributed by atoms with Crippen LogP contribution in [0.15, 0.2) is 24.3 Å². The molecule has 0 fully saturated rings. The van der Waals surface area contributed by atoms with Gasteiger partial charge in [-0.25, -0.2) is 0 Å². The smallest absolute Gasteiger partial charge is 0.239 e. The zero-order valence-electron chi connectivity index (χ0n) is 13.3. The molecule has 2 unspecified atom stereocenters. The van der Waals surface area contributed by atoms with Crippen molar-refractivity contribution in [1.82, 2.24) is 5.32 Å². The van der Waals surface area contributed by atoms with E-state index in [0.717, 1.165) is 18.5 Å². The van der Waals surface area contributed by atoms with Gasteiger partial charge < -0.3 is 16.0 Å². The van der Waals surface area contributed by atoms with Crippen LogP contribution in [-0.2, 0) is 11.2 Å². The monoisotopic (exact) mass is 289 g/mol. The quantitative estimate of drug-likeness (QED) is 0.871. The molecule has 21 heavy (non-hydrogen) atoms. The number of nitrogens with two attached hydrogens (primary N) is 1. The van der Waals surface area contributed by atoms with Gasteiger partial charge in [0.15, 0.2) is 0 Å². The van der Waals surface area contributed by atoms with Crippen molar-refractivity contribution in [2.75, 3.05) is 18.0 Å². The molecule has 0 aromatic heterocycles. The number of hydrogen-bond donors (Lipinski definition) is 2. The topological polar surface area (TPSA) is 58.4 Å². The van der Waals surface area contributed by atoms with Crippen LogP contribution in [0.2, 0.25) is 0 Å². The molecule has 0 radical (unpaired) electrons. The maximum Gasteiger partial charge on any atom is 0.239 e. The zero-order chi connectivity index (χ0) is 15.4. The number of hydrogen-bond acceptors (Lipinski definition) is 3. The lowest BCUT2D eigenvalue weighted by molar-refractivity contribution is -0.120. The van der Waals surface area contributed by atoms with Gasteiger partial charge in [0.25, 0.3) is 0 Å². The normalized spacial score (nSPS) is 19.3. The first kappa shape index (κ1) is 15.8. The minimum Gasteiger partial charge on any atom is -0.358 e. The fourth-order valence-electron chi connectivity index (χ4n) is 2.76. The van der Waals surface area contributed by atoms with Crippen LogP contribution >= 0.6 is 0 Å². The number of amides is 1. The predicted molar refractivity (Wildman–Crippen MR) is 87.4 cm³/mol. The average molecular weight is 289 g/mol. The second-order valence-corrected chi connectivity index (χ2v) is 6.29. The van der Waals surface area contributed by atoms with Crippen LogP contribution in [0.1, 0.15) is 32.8 Å². The second-order valence-electron chi connectivity index (χ2n) is 6.29. The summed E-state index contributed by atoms with van der Waals surface area (Å²) in [7, 11) is 0. The van der Waals surface area contributed by atoms with Crippen molar-refractivity contribution in [2.45, 2.75) is 45.7 Å². The molecule has 1 amide bonds. The van der Waals surface area contributed by atoms with Gasteiger partial charge in [0.05, 0.1) is 6.54 Å². The lowest BCUT2D eigenvalue weighted by atomic mass is 9.95. The summed E-state index contributed by atoms with van der Waals surface area (Å²) in [6, 6.07) is 8.76. The van der Waals surface area contributed by atoms with Crippen molar-refractivity contribution < 1.29 is 4.79 Å². The first-order chi connectivity index (χ1) is 10.0. The van der Waals surface area contributed by atoms with E-state index in [1.807, 2.05) is 13.0 Å². The number of benzene rings is 1. The fraction of sp³-hybridized carbons (Fsp3) is 0.588. The van der Waals surface area contributed by atoms with Gasteiger partial charge in [-0.2, -0.15) is 0 Å². The fourth-order valence-corrected chi connectivity index (χ4v) is 2.76. The van der Waals surface area contributed by atoms with E-state index >= 15 is 0 Å². The summed E-state index contributed by atoms with van der Waals surface area (Å²) < 4.78 is 0. The zero-order valence-corrected chi connectivity index (χ0v) is 13.3. The number of fused-ring (bicyclic) bond motifs is 1. The van der Waals surface area contributed by atoms with E-state index in [9.17, 15) is 4.79 Å². The van der Waals surface area contributed by atoms with Gasteiger partial charge in [0.1, 0.15) is 0 Å². The highest BCUT2D eigenvalue weighted by Crippen LogP contribution is 2.29. The standard InChI is InChI=1S/C17H27N3O/c1-12(2)13(3)19-17(21)11-20-15(10-18)9-8-14-6-4-5-7-16(14)20/h4-7,12-13,15H,8-11,18H2,1-3H3,(H,19,21). The molecule has 0 aliphatic carbocycles. The van der Waals surface area contributed by atoms with Crippen LogP contribution < -0.4 is 16.0 Å². The second kappa shape index (κ2) is 6.94. The number of nitrogens with zero attached hydrogens (tertiary/aromatic N) is 1. The Labute approximate surface area is 127 Å². The van der Waals surface area contributed by atoms with Crippen molar-refractivity contribution in [1.29, 1.82) is 0 Å². The predicted octanol–water partition coefficient (Wildman–Crippen LogP) is 1.93. The third kappa shape index (κ3) is 3.76. The maximum atomic E-state index is 12.3. The Morgan fingerprint density at radius 3 is 2.76 bits per heavy atom. The summed E-state index contributed by atoms with van der Waals surface area (Å²) in [4.78, 5) is 14.5. The molecule has 4 heteroatoms. The number of rotatable bonds is 5. The van der Waals surface area contributed by atoms with E-state index in [2.05, 4.69) is 42.3 Å². The SMILES string of the molecule is CC(C)C(C)NC(=O)CN1c2ccccc2CCC1CN. The summed E-state index contributed by atoms with van der Waals surface area (Å²) in [6.45, 7) is 7.25. The molecule has 0 bridgehead atoms. The molecule has 2 atom stereocenters. The van der Waals surface area contributed by atoms with E-state index in [1.165, 1.54) is 5.56 Å². The van der Waals surface area contributed by atoms with E-state index in [0.29, 0.717) is 19.0 Å². The number of aryl methyl sites for hydroxylation is 1. The molecule has 1 aliphatic rings. The van der Waals surface area contributed by atoms with Crippen LogP contribution in [0.3, 0.4) is 0 Å². The van der Waals surface area contributed by atoms with Gasteiger partial charge in [0, 0.05) is 24.3 Å². The van der Waals surface area contributed by atoms with Crippen molar-refractivity contribution in [3.63, 3.8) is 0 Å². The average Bonchev–Trinajstić information content (AvgIpc) is 2.47. The molecule has 1 aromatic rings. The molecular formula is C17H27N3O. The molecule has 3 N–H and O–H groups in total. The molecular weight excluding hydrogens is 262 g/mol. The third-order valence-electron chi connectivity index (χ3n) is 4.46. The summed E-state index contributed by atoms with van der Waals surface area (Å²) >= 11 is 0. The maximum absolute atomic E-state index is 12.3. The Morgan fingerprint density at radius 1 is 1.38 bits per heavy atom. The van der Waals surface area contributed by atoms with E-state index in [4.69, 9.17) is 5.73 Å². The largest absolute Gasteiger partial charge is 0.358 e. The van der Waals surface area contributed by atoms with Crippen molar-refractivity contribution in [2.24, 2.45) is 11.7 Å². The number of carbonyl (C=O) groups is 1. The first-order valence-electron chi connectivity index (χ1n) is 7.87. The molecule has 0 saturated heterocycles. The molecule has 2 rings (SSSR count). The van der Waals surface area contributed by atoms with Crippen LogP contribution in [0.4, 0.5) is 5.69 Å². The van der Waals surface area contributed by atoms with Crippen molar-refractivity contribution in [3.05, 3.63) is 29.8 Å². The molecule has 1 heterocycles. The van der Waals surface area contributed by atoms with Crippen LogP contribution in [0.5, 0.6) is 0 Å². The summed E-state index contributed by atoms with van der Waals surface area (Å²) in [6.07, 6.45) is 2.05. The number of nitrogens with one attached hydrogen (secondary N) is 1. The van der Waals surface area contributed by atoms with E-state index in [-0.39, 0.29) is 18.0 Å². The minimum absolute atomic E-state index is 0.0753. The highest BCUT2D eigenvalue weighted by molar-refractivity contribution is 5.82. The van der Waals surface area contributed by atoms with Crippen LogP contribution in [0.25, 0.3) is 0 Å². The number of carbonyl (C=O) groups excluding carboxylic acids is 1. The van der Waals surface area contributed by atoms with Crippen molar-refractivity contribution >= 4 is 11.6 Å². The highest BCUT2D eigenvalue weighted by atomic mass is 16.2. The highest BCUT2D eigenvalue weighted by Gasteiger charge is 2.27. The number of anilines is 1.